The van der Waals surface area contributed by atoms with E-state index in [4.69, 9.17) is 10.3 Å². The van der Waals surface area contributed by atoms with E-state index < -0.39 is 0 Å². The molecule has 1 fully saturated rings. The second-order valence-electron chi connectivity index (χ2n) is 4.98. The summed E-state index contributed by atoms with van der Waals surface area (Å²) in [6.07, 6.45) is 2.34. The molecule has 2 N–H and O–H groups in total. The zero-order valence-electron chi connectivity index (χ0n) is 11.2. The first-order valence-corrected chi connectivity index (χ1v) is 7.57. The van der Waals surface area contributed by atoms with Crippen LogP contribution in [0.3, 0.4) is 0 Å². The lowest BCUT2D eigenvalue weighted by atomic mass is 9.97. The van der Waals surface area contributed by atoms with Crippen molar-refractivity contribution in [1.82, 2.24) is 15.0 Å². The van der Waals surface area contributed by atoms with E-state index in [9.17, 15) is 0 Å². The Morgan fingerprint density at radius 2 is 2.20 bits per heavy atom. The van der Waals surface area contributed by atoms with Gasteiger partial charge in [0, 0.05) is 10.9 Å². The Morgan fingerprint density at radius 3 is 2.85 bits per heavy atom. The number of rotatable bonds is 4. The first kappa shape index (κ1) is 15.4. The molecule has 5 nitrogen and oxygen atoms in total. The number of nitrogens with zero attached hydrogens (tertiary/aromatic N) is 3. The Labute approximate surface area is 128 Å². The maximum atomic E-state index is 5.70. The highest BCUT2D eigenvalue weighted by molar-refractivity contribution is 7.08. The van der Waals surface area contributed by atoms with Crippen LogP contribution in [-0.2, 0) is 6.54 Å². The highest BCUT2D eigenvalue weighted by atomic mass is 35.5. The molecule has 2 aromatic heterocycles. The minimum absolute atomic E-state index is 0. The summed E-state index contributed by atoms with van der Waals surface area (Å²) in [6.45, 7) is 3.68. The monoisotopic (exact) mass is 314 g/mol. The van der Waals surface area contributed by atoms with Gasteiger partial charge >= 0.3 is 0 Å². The third-order valence-corrected chi connectivity index (χ3v) is 4.33. The van der Waals surface area contributed by atoms with Crippen LogP contribution in [0.5, 0.6) is 0 Å². The molecule has 0 unspecified atom stereocenters. The lowest BCUT2D eigenvalue weighted by Crippen LogP contribution is -2.35. The molecule has 0 bridgehead atoms. The molecule has 0 aliphatic carbocycles. The average molecular weight is 315 g/mol. The van der Waals surface area contributed by atoms with E-state index in [-0.39, 0.29) is 12.4 Å². The number of halogens is 1. The number of likely N-dealkylation sites (tertiary alicyclic amines) is 1. The predicted molar refractivity (Wildman–Crippen MR) is 81.9 cm³/mol. The standard InChI is InChI=1S/C13H18N4OS.ClH/c14-7-10-1-4-17(5-2-10)8-12-15-13(16-18-12)11-3-6-19-9-11;/h3,6,9-10H,1-2,4-5,7-8,14H2;1H. The summed E-state index contributed by atoms with van der Waals surface area (Å²) in [6, 6.07) is 2.01. The zero-order chi connectivity index (χ0) is 13.1. The second kappa shape index (κ2) is 7.17. The van der Waals surface area contributed by atoms with E-state index in [1.54, 1.807) is 11.3 Å². The summed E-state index contributed by atoms with van der Waals surface area (Å²) in [5.41, 5.74) is 6.73. The molecule has 0 amide bonds. The van der Waals surface area contributed by atoms with Gasteiger partial charge in [0.2, 0.25) is 11.7 Å². The summed E-state index contributed by atoms with van der Waals surface area (Å²) in [4.78, 5) is 6.81. The number of thiophene rings is 1. The van der Waals surface area contributed by atoms with Gasteiger partial charge in [-0.1, -0.05) is 5.16 Å². The average Bonchev–Trinajstić information content (AvgIpc) is 3.10. The van der Waals surface area contributed by atoms with E-state index in [0.29, 0.717) is 17.6 Å². The molecule has 3 heterocycles. The fraction of sp³-hybridized carbons (Fsp3) is 0.538. The van der Waals surface area contributed by atoms with Crippen LogP contribution in [0.4, 0.5) is 0 Å². The van der Waals surface area contributed by atoms with Crippen molar-refractivity contribution >= 4 is 23.7 Å². The summed E-state index contributed by atoms with van der Waals surface area (Å²) < 4.78 is 5.32. The normalized spacial score (nSPS) is 17.1. The van der Waals surface area contributed by atoms with Gasteiger partial charge in [-0.05, 0) is 49.8 Å². The molecule has 110 valence electrons. The summed E-state index contributed by atoms with van der Waals surface area (Å²) in [5.74, 6) is 2.07. The molecule has 0 atom stereocenters. The molecule has 0 radical (unpaired) electrons. The van der Waals surface area contributed by atoms with Crippen LogP contribution in [0.1, 0.15) is 18.7 Å². The highest BCUT2D eigenvalue weighted by Crippen LogP contribution is 2.21. The zero-order valence-corrected chi connectivity index (χ0v) is 12.8. The molecular weight excluding hydrogens is 296 g/mol. The van der Waals surface area contributed by atoms with Crippen LogP contribution < -0.4 is 5.73 Å². The van der Waals surface area contributed by atoms with Crippen LogP contribution in [0.2, 0.25) is 0 Å². The minimum atomic E-state index is 0. The number of piperidine rings is 1. The van der Waals surface area contributed by atoms with Gasteiger partial charge < -0.3 is 10.3 Å². The van der Waals surface area contributed by atoms with Crippen LogP contribution in [0.25, 0.3) is 11.4 Å². The molecule has 7 heteroatoms. The van der Waals surface area contributed by atoms with Gasteiger partial charge in [-0.25, -0.2) is 0 Å². The molecule has 1 aliphatic rings. The van der Waals surface area contributed by atoms with Crippen molar-refractivity contribution in [1.29, 1.82) is 0 Å². The molecule has 1 aliphatic heterocycles. The van der Waals surface area contributed by atoms with Crippen LogP contribution >= 0.6 is 23.7 Å². The second-order valence-corrected chi connectivity index (χ2v) is 5.76. The molecule has 0 spiro atoms. The van der Waals surface area contributed by atoms with Crippen molar-refractivity contribution in [3.05, 3.63) is 22.7 Å². The van der Waals surface area contributed by atoms with Crippen LogP contribution in [0, 0.1) is 5.92 Å². The predicted octanol–water partition coefficient (Wildman–Crippen LogP) is 2.39. The summed E-state index contributed by atoms with van der Waals surface area (Å²) in [5, 5.41) is 8.08. The van der Waals surface area contributed by atoms with Crippen molar-refractivity contribution in [2.45, 2.75) is 19.4 Å². The van der Waals surface area contributed by atoms with Gasteiger partial charge in [0.15, 0.2) is 0 Å². The topological polar surface area (TPSA) is 68.2 Å². The largest absolute Gasteiger partial charge is 0.338 e. The van der Waals surface area contributed by atoms with E-state index in [2.05, 4.69) is 15.0 Å². The van der Waals surface area contributed by atoms with E-state index in [0.717, 1.165) is 31.7 Å². The fourth-order valence-electron chi connectivity index (χ4n) is 2.40. The van der Waals surface area contributed by atoms with Gasteiger partial charge in [-0.15, -0.1) is 12.4 Å². The first-order valence-electron chi connectivity index (χ1n) is 6.62. The Hall–Kier alpha value is -0.950. The van der Waals surface area contributed by atoms with Crippen LogP contribution in [-0.4, -0.2) is 34.7 Å². The van der Waals surface area contributed by atoms with Gasteiger partial charge in [0.1, 0.15) is 0 Å². The third kappa shape index (κ3) is 3.58. The highest BCUT2D eigenvalue weighted by Gasteiger charge is 2.20. The van der Waals surface area contributed by atoms with Gasteiger partial charge in [0.05, 0.1) is 6.54 Å². The van der Waals surface area contributed by atoms with Crippen molar-refractivity contribution < 1.29 is 4.52 Å². The molecule has 3 rings (SSSR count). The number of nitrogens with two attached hydrogens (primary N) is 1. The molecule has 2 aromatic rings. The van der Waals surface area contributed by atoms with Gasteiger partial charge in [-0.3, -0.25) is 4.90 Å². The smallest absolute Gasteiger partial charge is 0.241 e. The summed E-state index contributed by atoms with van der Waals surface area (Å²) >= 11 is 1.64. The Morgan fingerprint density at radius 1 is 1.40 bits per heavy atom. The lowest BCUT2D eigenvalue weighted by molar-refractivity contribution is 0.161. The van der Waals surface area contributed by atoms with Crippen LogP contribution in [0.15, 0.2) is 21.3 Å². The van der Waals surface area contributed by atoms with E-state index >= 15 is 0 Å². The van der Waals surface area contributed by atoms with Crippen molar-refractivity contribution in [2.75, 3.05) is 19.6 Å². The maximum Gasteiger partial charge on any atom is 0.241 e. The van der Waals surface area contributed by atoms with Crippen molar-refractivity contribution in [2.24, 2.45) is 11.7 Å². The van der Waals surface area contributed by atoms with E-state index in [1.165, 1.54) is 12.8 Å². The molecule has 0 aromatic carbocycles. The number of hydrogen-bond donors (Lipinski definition) is 1. The minimum Gasteiger partial charge on any atom is -0.338 e. The van der Waals surface area contributed by atoms with Gasteiger partial charge in [0.25, 0.3) is 0 Å². The quantitative estimate of drug-likeness (QED) is 0.938. The van der Waals surface area contributed by atoms with Crippen molar-refractivity contribution in [3.63, 3.8) is 0 Å². The SMILES string of the molecule is Cl.NCC1CCN(Cc2nc(-c3ccsc3)no2)CC1. The van der Waals surface area contributed by atoms with Gasteiger partial charge in [-0.2, -0.15) is 16.3 Å². The number of aromatic nitrogens is 2. The molecule has 0 saturated carbocycles. The maximum absolute atomic E-state index is 5.70. The first-order chi connectivity index (χ1) is 9.35. The van der Waals surface area contributed by atoms with Crippen molar-refractivity contribution in [3.8, 4) is 11.4 Å². The lowest BCUT2D eigenvalue weighted by Gasteiger charge is -2.30. The Bertz CT molecular complexity index is 508. The Balaban J connectivity index is 0.00000147. The van der Waals surface area contributed by atoms with E-state index in [1.807, 2.05) is 16.8 Å². The Kier molecular flexibility index (Phi) is 5.54. The summed E-state index contributed by atoms with van der Waals surface area (Å²) in [7, 11) is 0. The molecular formula is C13H19ClN4OS. The molecule has 20 heavy (non-hydrogen) atoms. The number of hydrogen-bond acceptors (Lipinski definition) is 6. The fourth-order valence-corrected chi connectivity index (χ4v) is 3.03. The third-order valence-electron chi connectivity index (χ3n) is 3.65. The molecule has 1 saturated heterocycles.